The van der Waals surface area contributed by atoms with E-state index in [4.69, 9.17) is 11.6 Å². The van der Waals surface area contributed by atoms with Crippen LogP contribution in [0.1, 0.15) is 22.3 Å². The minimum atomic E-state index is 0.469. The van der Waals surface area contributed by atoms with E-state index < -0.39 is 0 Å². The molecule has 128 valence electrons. The fourth-order valence-electron chi connectivity index (χ4n) is 2.73. The molecule has 0 aliphatic rings. The highest BCUT2D eigenvalue weighted by Gasteiger charge is 2.07. The van der Waals surface area contributed by atoms with Gasteiger partial charge in [0.2, 0.25) is 5.95 Å². The standard InChI is InChI=1S/C19H20ClN5/c1-12-8-13(2)18(14(3)9-12)24-19-23-17(11-22-25-19)21-10-15-4-6-16(20)7-5-15/h4-9,11H,10H2,1-3H3,(H2,21,23,24,25). The average molecular weight is 354 g/mol. The summed E-state index contributed by atoms with van der Waals surface area (Å²) in [7, 11) is 0. The lowest BCUT2D eigenvalue weighted by atomic mass is 10.1. The van der Waals surface area contributed by atoms with E-state index in [2.05, 4.69) is 58.7 Å². The van der Waals surface area contributed by atoms with E-state index >= 15 is 0 Å². The third kappa shape index (κ3) is 4.45. The second-order valence-electron chi connectivity index (χ2n) is 6.04. The molecule has 0 unspecified atom stereocenters. The summed E-state index contributed by atoms with van der Waals surface area (Å²) < 4.78 is 0. The van der Waals surface area contributed by atoms with Crippen LogP contribution in [0.2, 0.25) is 5.02 Å². The molecule has 0 atom stereocenters. The Labute approximate surface area is 152 Å². The molecular formula is C19H20ClN5. The van der Waals surface area contributed by atoms with Crippen LogP contribution in [0.4, 0.5) is 17.5 Å². The zero-order valence-electron chi connectivity index (χ0n) is 14.5. The smallest absolute Gasteiger partial charge is 0.249 e. The van der Waals surface area contributed by atoms with Crippen molar-refractivity contribution in [3.63, 3.8) is 0 Å². The van der Waals surface area contributed by atoms with Crippen molar-refractivity contribution in [2.24, 2.45) is 0 Å². The highest BCUT2D eigenvalue weighted by molar-refractivity contribution is 6.30. The molecule has 5 nitrogen and oxygen atoms in total. The van der Waals surface area contributed by atoms with Crippen LogP contribution < -0.4 is 10.6 Å². The number of benzene rings is 2. The summed E-state index contributed by atoms with van der Waals surface area (Å²) >= 11 is 5.90. The zero-order valence-corrected chi connectivity index (χ0v) is 15.2. The number of hydrogen-bond donors (Lipinski definition) is 2. The number of nitrogens with one attached hydrogen (secondary N) is 2. The van der Waals surface area contributed by atoms with E-state index in [1.165, 1.54) is 5.56 Å². The Morgan fingerprint density at radius 2 is 1.68 bits per heavy atom. The van der Waals surface area contributed by atoms with Gasteiger partial charge in [-0.15, -0.1) is 5.10 Å². The Balaban J connectivity index is 1.72. The maximum atomic E-state index is 5.90. The van der Waals surface area contributed by atoms with E-state index in [0.717, 1.165) is 27.4 Å². The van der Waals surface area contributed by atoms with Gasteiger partial charge in [-0.05, 0) is 49.6 Å². The van der Waals surface area contributed by atoms with Crippen molar-refractivity contribution in [2.75, 3.05) is 10.6 Å². The Morgan fingerprint density at radius 3 is 2.36 bits per heavy atom. The molecule has 0 radical (unpaired) electrons. The van der Waals surface area contributed by atoms with Gasteiger partial charge in [-0.1, -0.05) is 41.4 Å². The molecule has 6 heteroatoms. The molecule has 0 aliphatic heterocycles. The monoisotopic (exact) mass is 353 g/mol. The first-order chi connectivity index (χ1) is 12.0. The Kier molecular flexibility index (Phi) is 5.14. The van der Waals surface area contributed by atoms with E-state index in [-0.39, 0.29) is 0 Å². The van der Waals surface area contributed by atoms with Gasteiger partial charge in [-0.3, -0.25) is 0 Å². The molecule has 0 fully saturated rings. The molecule has 2 aromatic carbocycles. The van der Waals surface area contributed by atoms with Gasteiger partial charge in [-0.2, -0.15) is 10.1 Å². The molecule has 25 heavy (non-hydrogen) atoms. The molecule has 1 aromatic heterocycles. The maximum absolute atomic E-state index is 5.90. The van der Waals surface area contributed by atoms with E-state index in [1.807, 2.05) is 24.3 Å². The third-order valence-corrected chi connectivity index (χ3v) is 4.11. The van der Waals surface area contributed by atoms with E-state index in [9.17, 15) is 0 Å². The molecule has 2 N–H and O–H groups in total. The fraction of sp³-hybridized carbons (Fsp3) is 0.211. The topological polar surface area (TPSA) is 62.7 Å². The van der Waals surface area contributed by atoms with Gasteiger partial charge in [0.25, 0.3) is 0 Å². The SMILES string of the molecule is Cc1cc(C)c(Nc2nncc(NCc3ccc(Cl)cc3)n2)c(C)c1. The molecular weight excluding hydrogens is 334 g/mol. The van der Waals surface area contributed by atoms with Crippen LogP contribution >= 0.6 is 11.6 Å². The van der Waals surface area contributed by atoms with Gasteiger partial charge < -0.3 is 10.6 Å². The summed E-state index contributed by atoms with van der Waals surface area (Å²) in [5.41, 5.74) is 5.67. The zero-order chi connectivity index (χ0) is 17.8. The van der Waals surface area contributed by atoms with Crippen LogP contribution in [0.25, 0.3) is 0 Å². The number of anilines is 3. The Hall–Kier alpha value is -2.66. The van der Waals surface area contributed by atoms with Crippen molar-refractivity contribution < 1.29 is 0 Å². The minimum absolute atomic E-state index is 0.469. The van der Waals surface area contributed by atoms with Crippen LogP contribution in [0.5, 0.6) is 0 Å². The first kappa shape index (κ1) is 17.2. The molecule has 0 aliphatic carbocycles. The molecule has 1 heterocycles. The molecule has 3 rings (SSSR count). The van der Waals surface area contributed by atoms with Crippen LogP contribution in [0.3, 0.4) is 0 Å². The van der Waals surface area contributed by atoms with Gasteiger partial charge in [0, 0.05) is 17.3 Å². The molecule has 0 amide bonds. The predicted molar refractivity (Wildman–Crippen MR) is 103 cm³/mol. The van der Waals surface area contributed by atoms with Gasteiger partial charge in [0.05, 0.1) is 6.20 Å². The quantitative estimate of drug-likeness (QED) is 0.689. The second kappa shape index (κ2) is 7.49. The summed E-state index contributed by atoms with van der Waals surface area (Å²) in [5.74, 6) is 1.13. The number of aromatic nitrogens is 3. The summed E-state index contributed by atoms with van der Waals surface area (Å²) in [6, 6.07) is 11.9. The summed E-state index contributed by atoms with van der Waals surface area (Å²) in [6.45, 7) is 6.86. The van der Waals surface area contributed by atoms with Gasteiger partial charge in [0.15, 0.2) is 5.82 Å². The van der Waals surface area contributed by atoms with Gasteiger partial charge >= 0.3 is 0 Å². The van der Waals surface area contributed by atoms with Crippen molar-refractivity contribution in [1.82, 2.24) is 15.2 Å². The lowest BCUT2D eigenvalue weighted by Crippen LogP contribution is -2.06. The number of nitrogens with zero attached hydrogens (tertiary/aromatic N) is 3. The molecule has 3 aromatic rings. The largest absolute Gasteiger partial charge is 0.365 e. The second-order valence-corrected chi connectivity index (χ2v) is 6.48. The Morgan fingerprint density at radius 1 is 1.00 bits per heavy atom. The van der Waals surface area contributed by atoms with E-state index in [1.54, 1.807) is 6.20 Å². The Bertz CT molecular complexity index is 854. The lowest BCUT2D eigenvalue weighted by molar-refractivity contribution is 0.964. The number of rotatable bonds is 5. The maximum Gasteiger partial charge on any atom is 0.249 e. The van der Waals surface area contributed by atoms with Crippen molar-refractivity contribution in [1.29, 1.82) is 0 Å². The summed E-state index contributed by atoms with van der Waals surface area (Å²) in [6.07, 6.45) is 1.61. The first-order valence-electron chi connectivity index (χ1n) is 8.04. The molecule has 0 saturated heterocycles. The van der Waals surface area contributed by atoms with Crippen molar-refractivity contribution >= 4 is 29.1 Å². The fourth-order valence-corrected chi connectivity index (χ4v) is 2.85. The number of halogens is 1. The first-order valence-corrected chi connectivity index (χ1v) is 8.42. The average Bonchev–Trinajstić information content (AvgIpc) is 2.58. The summed E-state index contributed by atoms with van der Waals surface area (Å²) in [4.78, 5) is 4.48. The third-order valence-electron chi connectivity index (χ3n) is 3.86. The molecule has 0 bridgehead atoms. The van der Waals surface area contributed by atoms with Crippen molar-refractivity contribution in [3.8, 4) is 0 Å². The normalized spacial score (nSPS) is 10.6. The predicted octanol–water partition coefficient (Wildman–Crippen LogP) is 4.81. The summed E-state index contributed by atoms with van der Waals surface area (Å²) in [5, 5.41) is 15.3. The highest BCUT2D eigenvalue weighted by Crippen LogP contribution is 2.24. The van der Waals surface area contributed by atoms with E-state index in [0.29, 0.717) is 18.3 Å². The number of hydrogen-bond acceptors (Lipinski definition) is 5. The van der Waals surface area contributed by atoms with Crippen LogP contribution in [0.15, 0.2) is 42.6 Å². The van der Waals surface area contributed by atoms with Crippen molar-refractivity contribution in [3.05, 3.63) is 69.9 Å². The van der Waals surface area contributed by atoms with Gasteiger partial charge in [0.1, 0.15) is 0 Å². The minimum Gasteiger partial charge on any atom is -0.365 e. The molecule has 0 spiro atoms. The van der Waals surface area contributed by atoms with Crippen LogP contribution in [-0.4, -0.2) is 15.2 Å². The van der Waals surface area contributed by atoms with Crippen LogP contribution in [-0.2, 0) is 6.54 Å². The number of aryl methyl sites for hydroxylation is 3. The molecule has 0 saturated carbocycles. The lowest BCUT2D eigenvalue weighted by Gasteiger charge is -2.13. The van der Waals surface area contributed by atoms with Gasteiger partial charge in [-0.25, -0.2) is 0 Å². The van der Waals surface area contributed by atoms with Crippen molar-refractivity contribution in [2.45, 2.75) is 27.3 Å². The van der Waals surface area contributed by atoms with Crippen LogP contribution in [0, 0.1) is 20.8 Å². The highest BCUT2D eigenvalue weighted by atomic mass is 35.5.